The summed E-state index contributed by atoms with van der Waals surface area (Å²) in [6.45, 7) is 5.27. The van der Waals surface area contributed by atoms with E-state index in [-0.39, 0.29) is 0 Å². The van der Waals surface area contributed by atoms with E-state index in [0.717, 1.165) is 6.42 Å². The fourth-order valence-corrected chi connectivity index (χ4v) is 5.84. The maximum atomic E-state index is 11.7. The Hall–Kier alpha value is -2.78. The van der Waals surface area contributed by atoms with Gasteiger partial charge < -0.3 is 4.74 Å². The van der Waals surface area contributed by atoms with Crippen LogP contribution in [0.15, 0.2) is 99.6 Å². The van der Waals surface area contributed by atoms with Gasteiger partial charge in [0.25, 0.3) is 0 Å². The minimum atomic E-state index is -0.602. The van der Waals surface area contributed by atoms with Crippen LogP contribution >= 0.6 is 10.9 Å². The van der Waals surface area contributed by atoms with Gasteiger partial charge in [-0.05, 0) is 75.6 Å². The lowest BCUT2D eigenvalue weighted by atomic mass is 10.0. The number of ether oxygens (including phenoxy) is 1. The topological polar surface area (TPSA) is 26.3 Å². The molecule has 130 valence electrons. The molecule has 26 heavy (non-hydrogen) atoms. The first-order valence-corrected chi connectivity index (χ1v) is 9.91. The molecular formula is C23H20O2S. The summed E-state index contributed by atoms with van der Waals surface area (Å²) in [4.78, 5) is 15.8. The second-order valence-electron chi connectivity index (χ2n) is 6.43. The highest BCUT2D eigenvalue weighted by Crippen LogP contribution is 2.56. The van der Waals surface area contributed by atoms with E-state index >= 15 is 0 Å². The van der Waals surface area contributed by atoms with E-state index < -0.39 is 16.9 Å². The monoisotopic (exact) mass is 360 g/mol. The number of carbonyl (C=O) groups is 1. The summed E-state index contributed by atoms with van der Waals surface area (Å²) in [6, 6.07) is 25.3. The summed E-state index contributed by atoms with van der Waals surface area (Å²) in [5.41, 5.74) is 3.19. The Bertz CT molecular complexity index is 944. The largest absolute Gasteiger partial charge is 0.423 e. The van der Waals surface area contributed by atoms with Gasteiger partial charge >= 0.3 is 5.97 Å². The van der Waals surface area contributed by atoms with Crippen molar-refractivity contribution in [2.75, 3.05) is 0 Å². The summed E-state index contributed by atoms with van der Waals surface area (Å²) >= 11 is 0. The zero-order valence-corrected chi connectivity index (χ0v) is 15.5. The zero-order chi connectivity index (χ0) is 18.1. The Labute approximate surface area is 156 Å². The van der Waals surface area contributed by atoms with Crippen molar-refractivity contribution in [3.8, 4) is 5.75 Å². The lowest BCUT2D eigenvalue weighted by Gasteiger charge is -2.32. The van der Waals surface area contributed by atoms with Crippen molar-refractivity contribution in [2.45, 2.75) is 28.0 Å². The highest BCUT2D eigenvalue weighted by Gasteiger charge is 2.23. The molecule has 0 atom stereocenters. The van der Waals surface area contributed by atoms with Gasteiger partial charge in [-0.25, -0.2) is 4.79 Å². The lowest BCUT2D eigenvalue weighted by Crippen LogP contribution is -2.08. The molecule has 0 saturated carbocycles. The predicted octanol–water partition coefficient (Wildman–Crippen LogP) is 5.55. The minimum Gasteiger partial charge on any atom is -0.423 e. The van der Waals surface area contributed by atoms with Crippen LogP contribution < -0.4 is 4.74 Å². The average molecular weight is 360 g/mol. The van der Waals surface area contributed by atoms with Crippen LogP contribution in [0.3, 0.4) is 0 Å². The van der Waals surface area contributed by atoms with Crippen LogP contribution in [0.25, 0.3) is 0 Å². The molecule has 0 spiro atoms. The molecule has 0 N–H and O–H groups in total. The van der Waals surface area contributed by atoms with Crippen molar-refractivity contribution in [2.24, 2.45) is 0 Å². The van der Waals surface area contributed by atoms with Crippen LogP contribution in [0.5, 0.6) is 5.75 Å². The van der Waals surface area contributed by atoms with Gasteiger partial charge in [0, 0.05) is 5.57 Å². The normalized spacial score (nSPS) is 13.5. The minimum absolute atomic E-state index is 0.392. The molecule has 1 heterocycles. The van der Waals surface area contributed by atoms with Gasteiger partial charge in [0.05, 0.1) is 0 Å². The number of thiol groups is 1. The standard InChI is InChI=1S/C23H20O2S/c1-16(2)23(24)25-19-11-13-20(14-12-19)26-21-9-5-3-7-17(21)15-18-8-4-6-10-22(18)26/h3-14,26H,1,15H2,2H3. The van der Waals surface area contributed by atoms with Crippen molar-refractivity contribution in [3.05, 3.63) is 96.1 Å². The Morgan fingerprint density at radius 1 is 0.885 bits per heavy atom. The number of carbonyl (C=O) groups excluding carboxylic acids is 1. The van der Waals surface area contributed by atoms with Crippen LogP contribution in [0.2, 0.25) is 0 Å². The highest BCUT2D eigenvalue weighted by atomic mass is 32.2. The Morgan fingerprint density at radius 2 is 1.42 bits per heavy atom. The molecule has 3 heteroatoms. The molecule has 0 amide bonds. The van der Waals surface area contributed by atoms with Gasteiger partial charge in [-0.2, -0.15) is 10.9 Å². The SMILES string of the molecule is C=C(C)C(=O)Oc1ccc([SH]2c3ccccc3Cc3ccccc32)cc1. The molecule has 0 aromatic heterocycles. The van der Waals surface area contributed by atoms with E-state index in [0.29, 0.717) is 11.3 Å². The maximum absolute atomic E-state index is 11.7. The van der Waals surface area contributed by atoms with Crippen molar-refractivity contribution >= 4 is 16.9 Å². The first-order valence-electron chi connectivity index (χ1n) is 8.57. The van der Waals surface area contributed by atoms with Crippen molar-refractivity contribution in [3.63, 3.8) is 0 Å². The van der Waals surface area contributed by atoms with Crippen LogP contribution in [-0.4, -0.2) is 5.97 Å². The number of esters is 1. The fraction of sp³-hybridized carbons (Fsp3) is 0.0870. The van der Waals surface area contributed by atoms with Crippen LogP contribution in [0.4, 0.5) is 0 Å². The van der Waals surface area contributed by atoms with Gasteiger partial charge in [-0.15, -0.1) is 0 Å². The Morgan fingerprint density at radius 3 is 1.96 bits per heavy atom. The molecule has 0 saturated heterocycles. The number of hydrogen-bond donors (Lipinski definition) is 1. The lowest BCUT2D eigenvalue weighted by molar-refractivity contribution is -0.130. The molecule has 0 bridgehead atoms. The summed E-state index contributed by atoms with van der Waals surface area (Å²) in [5, 5.41) is 0. The number of hydrogen-bond acceptors (Lipinski definition) is 2. The van der Waals surface area contributed by atoms with E-state index in [4.69, 9.17) is 4.74 Å². The zero-order valence-electron chi connectivity index (χ0n) is 14.6. The third kappa shape index (κ3) is 3.06. The predicted molar refractivity (Wildman–Crippen MR) is 106 cm³/mol. The molecule has 4 rings (SSSR count). The van der Waals surface area contributed by atoms with Gasteiger partial charge in [0.15, 0.2) is 0 Å². The third-order valence-corrected chi connectivity index (χ3v) is 7.15. The first-order chi connectivity index (χ1) is 12.6. The summed E-state index contributed by atoms with van der Waals surface area (Å²) < 4.78 is 5.33. The van der Waals surface area contributed by atoms with Crippen LogP contribution in [0.1, 0.15) is 18.1 Å². The molecular weight excluding hydrogens is 340 g/mol. The first kappa shape index (κ1) is 16.7. The molecule has 0 radical (unpaired) electrons. The second-order valence-corrected chi connectivity index (χ2v) is 8.58. The fourth-order valence-electron chi connectivity index (χ4n) is 3.23. The second kappa shape index (κ2) is 6.85. The summed E-state index contributed by atoms with van der Waals surface area (Å²) in [5.74, 6) is 0.159. The van der Waals surface area contributed by atoms with Crippen molar-refractivity contribution in [1.29, 1.82) is 0 Å². The van der Waals surface area contributed by atoms with Gasteiger partial charge in [-0.1, -0.05) is 43.0 Å². The molecule has 0 fully saturated rings. The number of benzene rings is 3. The number of rotatable bonds is 3. The molecule has 2 nitrogen and oxygen atoms in total. The van der Waals surface area contributed by atoms with E-state index in [1.165, 1.54) is 25.8 Å². The molecule has 1 aliphatic rings. The quantitative estimate of drug-likeness (QED) is 0.224. The molecule has 0 aliphatic carbocycles. The molecule has 3 aromatic carbocycles. The summed E-state index contributed by atoms with van der Waals surface area (Å²) in [7, 11) is -0.602. The number of fused-ring (bicyclic) bond motifs is 2. The van der Waals surface area contributed by atoms with Crippen LogP contribution in [0, 0.1) is 0 Å². The van der Waals surface area contributed by atoms with Gasteiger partial charge in [-0.3, -0.25) is 0 Å². The van der Waals surface area contributed by atoms with E-state index in [1.807, 2.05) is 12.1 Å². The maximum Gasteiger partial charge on any atom is 0.338 e. The van der Waals surface area contributed by atoms with E-state index in [2.05, 4.69) is 67.2 Å². The summed E-state index contributed by atoms with van der Waals surface area (Å²) in [6.07, 6.45) is 0.986. The van der Waals surface area contributed by atoms with Crippen LogP contribution in [-0.2, 0) is 11.2 Å². The van der Waals surface area contributed by atoms with Crippen molar-refractivity contribution < 1.29 is 9.53 Å². The average Bonchev–Trinajstić information content (AvgIpc) is 2.66. The highest BCUT2D eigenvalue weighted by molar-refractivity contribution is 8.17. The Kier molecular flexibility index (Phi) is 4.39. The van der Waals surface area contributed by atoms with Gasteiger partial charge in [0.1, 0.15) is 5.75 Å². The Balaban J connectivity index is 1.74. The van der Waals surface area contributed by atoms with Gasteiger partial charge in [0.2, 0.25) is 0 Å². The van der Waals surface area contributed by atoms with E-state index in [1.54, 1.807) is 6.92 Å². The third-order valence-electron chi connectivity index (χ3n) is 4.50. The molecule has 1 aliphatic heterocycles. The molecule has 0 unspecified atom stereocenters. The van der Waals surface area contributed by atoms with Crippen molar-refractivity contribution in [1.82, 2.24) is 0 Å². The smallest absolute Gasteiger partial charge is 0.338 e. The van der Waals surface area contributed by atoms with E-state index in [9.17, 15) is 4.79 Å². The molecule has 3 aromatic rings.